The van der Waals surface area contributed by atoms with Crippen molar-refractivity contribution in [1.82, 2.24) is 4.98 Å². The second-order valence-corrected chi connectivity index (χ2v) is 4.98. The Labute approximate surface area is 131 Å². The van der Waals surface area contributed by atoms with E-state index < -0.39 is 11.8 Å². The second-order valence-electron chi connectivity index (χ2n) is 4.17. The third-order valence-corrected chi connectivity index (χ3v) is 3.17. The zero-order valence-electron chi connectivity index (χ0n) is 11.0. The van der Waals surface area contributed by atoms with Gasteiger partial charge in [0.25, 0.3) is 0 Å². The predicted octanol–water partition coefficient (Wildman–Crippen LogP) is 3.27. The van der Waals surface area contributed by atoms with Crippen molar-refractivity contribution in [1.29, 1.82) is 0 Å². The van der Waals surface area contributed by atoms with Crippen LogP contribution in [0.15, 0.2) is 36.4 Å². The Morgan fingerprint density at radius 2 is 1.52 bits per heavy atom. The Balaban J connectivity index is 2.08. The number of carbonyl (C=O) groups excluding carboxylic acids is 2. The van der Waals surface area contributed by atoms with Crippen LogP contribution in [0.1, 0.15) is 5.69 Å². The first-order valence-corrected chi connectivity index (χ1v) is 6.73. The largest absolute Gasteiger partial charge is 0.315 e. The van der Waals surface area contributed by atoms with Gasteiger partial charge < -0.3 is 10.6 Å². The first-order valence-electron chi connectivity index (χ1n) is 5.97. The van der Waals surface area contributed by atoms with Gasteiger partial charge in [-0.15, -0.1) is 0 Å². The molecule has 0 radical (unpaired) electrons. The number of pyridine rings is 1. The maximum Gasteiger partial charge on any atom is 0.315 e. The molecule has 0 atom stereocenters. The Morgan fingerprint density at radius 1 is 0.952 bits per heavy atom. The SMILES string of the molecule is Cc1cccc(NC(=O)C(=O)Nc2c(Cl)cccc2Cl)n1. The van der Waals surface area contributed by atoms with E-state index in [-0.39, 0.29) is 15.7 Å². The highest BCUT2D eigenvalue weighted by molar-refractivity contribution is 6.46. The van der Waals surface area contributed by atoms with Crippen molar-refractivity contribution < 1.29 is 9.59 Å². The van der Waals surface area contributed by atoms with Gasteiger partial charge >= 0.3 is 11.8 Å². The van der Waals surface area contributed by atoms with E-state index >= 15 is 0 Å². The van der Waals surface area contributed by atoms with Crippen LogP contribution < -0.4 is 10.6 Å². The quantitative estimate of drug-likeness (QED) is 0.833. The normalized spacial score (nSPS) is 10.0. The monoisotopic (exact) mass is 323 g/mol. The predicted molar refractivity (Wildman–Crippen MR) is 82.7 cm³/mol. The summed E-state index contributed by atoms with van der Waals surface area (Å²) in [5.41, 5.74) is 0.917. The van der Waals surface area contributed by atoms with Crippen LogP contribution in [0, 0.1) is 6.92 Å². The summed E-state index contributed by atoms with van der Waals surface area (Å²) in [5.74, 6) is -1.45. The minimum Gasteiger partial charge on any atom is -0.315 e. The fraction of sp³-hybridized carbons (Fsp3) is 0.0714. The number of para-hydroxylation sites is 1. The van der Waals surface area contributed by atoms with Gasteiger partial charge in [-0.2, -0.15) is 0 Å². The summed E-state index contributed by atoms with van der Waals surface area (Å²) in [6.07, 6.45) is 0. The lowest BCUT2D eigenvalue weighted by Crippen LogP contribution is -2.29. The molecule has 1 aromatic heterocycles. The van der Waals surface area contributed by atoms with E-state index in [0.29, 0.717) is 5.82 Å². The van der Waals surface area contributed by atoms with Crippen LogP contribution in [-0.4, -0.2) is 16.8 Å². The Morgan fingerprint density at radius 3 is 2.14 bits per heavy atom. The molecule has 21 heavy (non-hydrogen) atoms. The van der Waals surface area contributed by atoms with E-state index in [1.165, 1.54) is 0 Å². The maximum absolute atomic E-state index is 11.8. The van der Waals surface area contributed by atoms with Crippen LogP contribution >= 0.6 is 23.2 Å². The Hall–Kier alpha value is -2.11. The van der Waals surface area contributed by atoms with E-state index in [1.54, 1.807) is 43.3 Å². The smallest absolute Gasteiger partial charge is 0.315 e. The third kappa shape index (κ3) is 3.93. The molecule has 1 heterocycles. The average molecular weight is 324 g/mol. The topological polar surface area (TPSA) is 71.1 Å². The first kappa shape index (κ1) is 15.3. The molecule has 2 rings (SSSR count). The molecule has 2 aromatic rings. The minimum atomic E-state index is -0.881. The molecule has 0 aliphatic heterocycles. The van der Waals surface area contributed by atoms with Gasteiger partial charge in [0, 0.05) is 5.69 Å². The molecular weight excluding hydrogens is 313 g/mol. The molecule has 0 aliphatic rings. The van der Waals surface area contributed by atoms with Crippen molar-refractivity contribution in [3.63, 3.8) is 0 Å². The van der Waals surface area contributed by atoms with Crippen LogP contribution in [0.25, 0.3) is 0 Å². The summed E-state index contributed by atoms with van der Waals surface area (Å²) in [4.78, 5) is 27.7. The van der Waals surface area contributed by atoms with Gasteiger partial charge in [-0.3, -0.25) is 9.59 Å². The molecule has 0 fully saturated rings. The Bertz CT molecular complexity index is 684. The molecule has 108 valence electrons. The van der Waals surface area contributed by atoms with Gasteiger partial charge in [0.2, 0.25) is 0 Å². The van der Waals surface area contributed by atoms with Crippen molar-refractivity contribution in [2.45, 2.75) is 6.92 Å². The van der Waals surface area contributed by atoms with Crippen LogP contribution in [0.3, 0.4) is 0 Å². The van der Waals surface area contributed by atoms with Gasteiger partial charge in [0.05, 0.1) is 15.7 Å². The summed E-state index contributed by atoms with van der Waals surface area (Å²) in [6.45, 7) is 1.78. The third-order valence-electron chi connectivity index (χ3n) is 2.54. The summed E-state index contributed by atoms with van der Waals surface area (Å²) in [7, 11) is 0. The van der Waals surface area contributed by atoms with E-state index in [2.05, 4.69) is 15.6 Å². The number of carbonyl (C=O) groups is 2. The van der Waals surface area contributed by atoms with Gasteiger partial charge in [0.15, 0.2) is 0 Å². The molecule has 7 heteroatoms. The summed E-state index contributed by atoms with van der Waals surface area (Å²) in [6, 6.07) is 9.84. The fourth-order valence-corrected chi connectivity index (χ4v) is 2.07. The van der Waals surface area contributed by atoms with Gasteiger partial charge in [-0.1, -0.05) is 35.3 Å². The van der Waals surface area contributed by atoms with Crippen molar-refractivity contribution in [2.24, 2.45) is 0 Å². The number of nitrogens with one attached hydrogen (secondary N) is 2. The number of rotatable bonds is 2. The zero-order valence-corrected chi connectivity index (χ0v) is 12.5. The minimum absolute atomic E-state index is 0.193. The number of hydrogen-bond donors (Lipinski definition) is 2. The maximum atomic E-state index is 11.8. The Kier molecular flexibility index (Phi) is 4.77. The number of anilines is 2. The molecule has 0 bridgehead atoms. The second kappa shape index (κ2) is 6.56. The number of hydrogen-bond acceptors (Lipinski definition) is 3. The molecule has 0 saturated carbocycles. The number of aryl methyl sites for hydroxylation is 1. The first-order chi connectivity index (χ1) is 9.97. The van der Waals surface area contributed by atoms with Crippen LogP contribution in [0.2, 0.25) is 10.0 Å². The summed E-state index contributed by atoms with van der Waals surface area (Å²) >= 11 is 11.8. The lowest BCUT2D eigenvalue weighted by molar-refractivity contribution is -0.133. The van der Waals surface area contributed by atoms with E-state index in [9.17, 15) is 9.59 Å². The number of benzene rings is 1. The number of halogens is 2. The van der Waals surface area contributed by atoms with Crippen molar-refractivity contribution in [3.05, 3.63) is 52.1 Å². The van der Waals surface area contributed by atoms with Gasteiger partial charge in [-0.25, -0.2) is 4.98 Å². The summed E-state index contributed by atoms with van der Waals surface area (Å²) < 4.78 is 0. The molecule has 0 saturated heterocycles. The number of nitrogens with zero attached hydrogens (tertiary/aromatic N) is 1. The summed E-state index contributed by atoms with van der Waals surface area (Å²) in [5, 5.41) is 5.26. The highest BCUT2D eigenvalue weighted by atomic mass is 35.5. The average Bonchev–Trinajstić information content (AvgIpc) is 2.43. The molecule has 5 nitrogen and oxygen atoms in total. The molecule has 2 amide bonds. The van der Waals surface area contributed by atoms with Crippen LogP contribution in [-0.2, 0) is 9.59 Å². The van der Waals surface area contributed by atoms with Crippen LogP contribution in [0.4, 0.5) is 11.5 Å². The highest BCUT2D eigenvalue weighted by Gasteiger charge is 2.17. The van der Waals surface area contributed by atoms with Gasteiger partial charge in [0.1, 0.15) is 5.82 Å². The zero-order chi connectivity index (χ0) is 15.4. The van der Waals surface area contributed by atoms with Gasteiger partial charge in [-0.05, 0) is 31.2 Å². The molecule has 1 aromatic carbocycles. The van der Waals surface area contributed by atoms with Crippen molar-refractivity contribution in [2.75, 3.05) is 10.6 Å². The van der Waals surface area contributed by atoms with E-state index in [1.807, 2.05) is 0 Å². The van der Waals surface area contributed by atoms with Crippen molar-refractivity contribution >= 4 is 46.5 Å². The highest BCUT2D eigenvalue weighted by Crippen LogP contribution is 2.29. The molecule has 0 unspecified atom stereocenters. The lowest BCUT2D eigenvalue weighted by atomic mass is 10.3. The number of aromatic nitrogens is 1. The molecule has 0 aliphatic carbocycles. The van der Waals surface area contributed by atoms with E-state index in [4.69, 9.17) is 23.2 Å². The van der Waals surface area contributed by atoms with E-state index in [0.717, 1.165) is 5.69 Å². The standard InChI is InChI=1S/C14H11Cl2N3O2/c1-8-4-2-7-11(17-8)18-13(20)14(21)19-12-9(15)5-3-6-10(12)16/h2-7H,1H3,(H,19,21)(H,17,18,20). The molecule has 2 N–H and O–H groups in total. The lowest BCUT2D eigenvalue weighted by Gasteiger charge is -2.09. The molecule has 0 spiro atoms. The van der Waals surface area contributed by atoms with Crippen molar-refractivity contribution in [3.8, 4) is 0 Å². The molecular formula is C14H11Cl2N3O2. The van der Waals surface area contributed by atoms with Crippen LogP contribution in [0.5, 0.6) is 0 Å². The fourth-order valence-electron chi connectivity index (χ4n) is 1.57. The number of amides is 2.